The predicted molar refractivity (Wildman–Crippen MR) is 116 cm³/mol. The average Bonchev–Trinajstić information content (AvgIpc) is 2.70. The molecule has 0 amide bonds. The average molecular weight is 392 g/mol. The molecule has 150 valence electrons. The van der Waals surface area contributed by atoms with Gasteiger partial charge in [0.25, 0.3) is 0 Å². The molecule has 4 rings (SSSR count). The van der Waals surface area contributed by atoms with E-state index in [0.29, 0.717) is 29.1 Å². The third-order valence-corrected chi connectivity index (χ3v) is 5.16. The number of benzene rings is 1. The Balaban J connectivity index is 1.66. The van der Waals surface area contributed by atoms with Gasteiger partial charge in [0.2, 0.25) is 0 Å². The van der Waals surface area contributed by atoms with Crippen LogP contribution < -0.4 is 15.5 Å². The molecule has 1 aromatic carbocycles. The van der Waals surface area contributed by atoms with Crippen molar-refractivity contribution in [2.45, 2.75) is 25.9 Å². The predicted octanol–water partition coefficient (Wildman–Crippen LogP) is 3.19. The minimum atomic E-state index is -0.593. The summed E-state index contributed by atoms with van der Waals surface area (Å²) in [7, 11) is 1.72. The van der Waals surface area contributed by atoms with E-state index in [1.54, 1.807) is 25.5 Å². The van der Waals surface area contributed by atoms with Gasteiger partial charge >= 0.3 is 0 Å². The molecule has 1 aliphatic heterocycles. The largest absolute Gasteiger partial charge is 0.393 e. The lowest BCUT2D eigenvalue weighted by Gasteiger charge is -2.37. The number of nitrogens with zero attached hydrogens (tertiary/aromatic N) is 3. The molecular formula is C22H25FN6. The molecule has 0 spiro atoms. The van der Waals surface area contributed by atoms with Crippen molar-refractivity contribution in [1.29, 1.82) is 5.41 Å². The van der Waals surface area contributed by atoms with Crippen LogP contribution >= 0.6 is 0 Å². The summed E-state index contributed by atoms with van der Waals surface area (Å²) in [4.78, 5) is 11.5. The van der Waals surface area contributed by atoms with Gasteiger partial charge < -0.3 is 15.5 Å². The van der Waals surface area contributed by atoms with Crippen molar-refractivity contribution >= 4 is 27.9 Å². The number of hydrogen-bond donors (Lipinski definition) is 3. The van der Waals surface area contributed by atoms with Crippen LogP contribution in [-0.4, -0.2) is 47.9 Å². The Labute approximate surface area is 169 Å². The number of allylic oxidation sites excluding steroid dienone is 5. The molecule has 29 heavy (non-hydrogen) atoms. The first-order valence-electron chi connectivity index (χ1n) is 9.78. The maximum atomic E-state index is 14.2. The molecule has 2 unspecified atom stereocenters. The summed E-state index contributed by atoms with van der Waals surface area (Å²) in [5, 5.41) is 15.2. The van der Waals surface area contributed by atoms with Crippen molar-refractivity contribution in [3.8, 4) is 0 Å². The van der Waals surface area contributed by atoms with Crippen molar-refractivity contribution in [2.75, 3.05) is 25.0 Å². The van der Waals surface area contributed by atoms with Crippen molar-refractivity contribution in [3.05, 3.63) is 60.0 Å². The monoisotopic (exact) mass is 392 g/mol. The van der Waals surface area contributed by atoms with Gasteiger partial charge in [-0.05, 0) is 44.2 Å². The van der Waals surface area contributed by atoms with E-state index in [-0.39, 0.29) is 5.71 Å². The number of nitrogens with one attached hydrogen (secondary N) is 3. The van der Waals surface area contributed by atoms with E-state index in [9.17, 15) is 4.39 Å². The van der Waals surface area contributed by atoms with E-state index >= 15 is 0 Å². The maximum Gasteiger partial charge on any atom is 0.159 e. The van der Waals surface area contributed by atoms with Crippen molar-refractivity contribution in [1.82, 2.24) is 20.6 Å². The lowest BCUT2D eigenvalue weighted by molar-refractivity contribution is 0.407. The van der Waals surface area contributed by atoms with Gasteiger partial charge in [0.15, 0.2) is 5.82 Å². The first-order valence-corrected chi connectivity index (χ1v) is 9.78. The SMILES string of the molecule is CN/C=C1/C=C(c2ncc3cc(N4CC(C)NC(C)C4)ccc3n2)C=C(F)C1=N. The van der Waals surface area contributed by atoms with Crippen LogP contribution in [0.3, 0.4) is 0 Å². The highest BCUT2D eigenvalue weighted by atomic mass is 19.1. The highest BCUT2D eigenvalue weighted by Gasteiger charge is 2.22. The van der Waals surface area contributed by atoms with Crippen LogP contribution in [0.1, 0.15) is 19.7 Å². The number of aromatic nitrogens is 2. The fourth-order valence-electron chi connectivity index (χ4n) is 3.92. The van der Waals surface area contributed by atoms with Gasteiger partial charge in [0.05, 0.1) is 11.2 Å². The standard InChI is InChI=1S/C22H25FN6/c1-13-11-29(12-14(2)27-13)18-4-5-20-16(7-18)10-26-22(28-20)15-6-17(9-25-3)21(24)19(23)8-15/h4-10,13-14,24-25,27H,11-12H2,1-3H3/b17-9-,24-21?. The molecule has 1 saturated heterocycles. The van der Waals surface area contributed by atoms with E-state index in [2.05, 4.69) is 51.5 Å². The van der Waals surface area contributed by atoms with Crippen LogP contribution in [0.4, 0.5) is 10.1 Å². The van der Waals surface area contributed by atoms with Gasteiger partial charge in [0, 0.05) is 66.8 Å². The first kappa shape index (κ1) is 19.3. The molecular weight excluding hydrogens is 367 g/mol. The van der Waals surface area contributed by atoms with Crippen LogP contribution in [-0.2, 0) is 0 Å². The van der Waals surface area contributed by atoms with E-state index in [1.807, 2.05) is 6.07 Å². The summed E-state index contributed by atoms with van der Waals surface area (Å²) in [6, 6.07) is 7.05. The summed E-state index contributed by atoms with van der Waals surface area (Å²) in [6.45, 7) is 6.30. The highest BCUT2D eigenvalue weighted by Crippen LogP contribution is 2.27. The molecule has 3 N–H and O–H groups in total. The molecule has 1 aliphatic carbocycles. The normalized spacial score (nSPS) is 23.9. The number of fused-ring (bicyclic) bond motifs is 1. The van der Waals surface area contributed by atoms with Crippen LogP contribution in [0.15, 0.2) is 54.1 Å². The van der Waals surface area contributed by atoms with Crippen molar-refractivity contribution in [3.63, 3.8) is 0 Å². The maximum absolute atomic E-state index is 14.2. The molecule has 0 saturated carbocycles. The van der Waals surface area contributed by atoms with Crippen LogP contribution in [0, 0.1) is 5.41 Å². The zero-order valence-electron chi connectivity index (χ0n) is 16.8. The lowest BCUT2D eigenvalue weighted by atomic mass is 9.99. The molecule has 7 heteroatoms. The van der Waals surface area contributed by atoms with Gasteiger partial charge in [-0.1, -0.05) is 0 Å². The Kier molecular flexibility index (Phi) is 5.15. The minimum Gasteiger partial charge on any atom is -0.393 e. The summed E-state index contributed by atoms with van der Waals surface area (Å²) in [5.74, 6) is -0.149. The summed E-state index contributed by atoms with van der Waals surface area (Å²) < 4.78 is 14.2. The van der Waals surface area contributed by atoms with Gasteiger partial charge in [-0.2, -0.15) is 0 Å². The molecule has 0 radical (unpaired) electrons. The molecule has 2 aromatic rings. The quantitative estimate of drug-likeness (QED) is 0.748. The second-order valence-corrected chi connectivity index (χ2v) is 7.67. The number of hydrogen-bond acceptors (Lipinski definition) is 6. The third kappa shape index (κ3) is 3.91. The Hall–Kier alpha value is -3.06. The number of anilines is 1. The van der Waals surface area contributed by atoms with Gasteiger partial charge in [0.1, 0.15) is 5.83 Å². The summed E-state index contributed by atoms with van der Waals surface area (Å²) in [5.41, 5.74) is 2.83. The van der Waals surface area contributed by atoms with Crippen molar-refractivity contribution < 1.29 is 4.39 Å². The zero-order valence-corrected chi connectivity index (χ0v) is 16.8. The Bertz CT molecular complexity index is 1040. The first-order chi connectivity index (χ1) is 13.9. The lowest BCUT2D eigenvalue weighted by Crippen LogP contribution is -2.54. The second-order valence-electron chi connectivity index (χ2n) is 7.67. The second kappa shape index (κ2) is 7.75. The molecule has 1 fully saturated rings. The van der Waals surface area contributed by atoms with E-state index in [0.717, 1.165) is 29.7 Å². The third-order valence-electron chi connectivity index (χ3n) is 5.16. The van der Waals surface area contributed by atoms with Crippen molar-refractivity contribution in [2.24, 2.45) is 0 Å². The van der Waals surface area contributed by atoms with E-state index in [4.69, 9.17) is 5.41 Å². The van der Waals surface area contributed by atoms with Crippen LogP contribution in [0.5, 0.6) is 0 Å². The highest BCUT2D eigenvalue weighted by molar-refractivity contribution is 6.15. The zero-order chi connectivity index (χ0) is 20.5. The summed E-state index contributed by atoms with van der Waals surface area (Å²) in [6.07, 6.45) is 6.41. The van der Waals surface area contributed by atoms with E-state index < -0.39 is 5.83 Å². The molecule has 6 nitrogen and oxygen atoms in total. The van der Waals surface area contributed by atoms with Crippen LogP contribution in [0.25, 0.3) is 16.5 Å². The molecule has 2 aliphatic rings. The molecule has 0 bridgehead atoms. The van der Waals surface area contributed by atoms with E-state index in [1.165, 1.54) is 6.08 Å². The Morgan fingerprint density at radius 1 is 1.24 bits per heavy atom. The number of piperazine rings is 1. The fourth-order valence-corrected chi connectivity index (χ4v) is 3.92. The smallest absolute Gasteiger partial charge is 0.159 e. The minimum absolute atomic E-state index is 0.145. The fraction of sp³-hybridized carbons (Fsp3) is 0.318. The number of halogens is 1. The Morgan fingerprint density at radius 3 is 2.72 bits per heavy atom. The molecule has 2 heterocycles. The summed E-state index contributed by atoms with van der Waals surface area (Å²) >= 11 is 0. The number of rotatable bonds is 3. The van der Waals surface area contributed by atoms with Gasteiger partial charge in [-0.25, -0.2) is 14.4 Å². The topological polar surface area (TPSA) is 76.9 Å². The van der Waals surface area contributed by atoms with Crippen LogP contribution in [0.2, 0.25) is 0 Å². The molecule has 2 atom stereocenters. The molecule has 1 aromatic heterocycles. The Morgan fingerprint density at radius 2 is 2.00 bits per heavy atom. The van der Waals surface area contributed by atoms with Gasteiger partial charge in [-0.3, -0.25) is 5.41 Å². The van der Waals surface area contributed by atoms with Gasteiger partial charge in [-0.15, -0.1) is 0 Å².